The Morgan fingerprint density at radius 2 is 2.19 bits per heavy atom. The summed E-state index contributed by atoms with van der Waals surface area (Å²) in [4.78, 5) is 16.9. The lowest BCUT2D eigenvalue weighted by molar-refractivity contribution is 0.397. The minimum atomic E-state index is -0.571. The average Bonchev–Trinajstić information content (AvgIpc) is 3.12. The zero-order valence-corrected chi connectivity index (χ0v) is 15.4. The number of aliphatic imine (C=N–C) groups is 1. The van der Waals surface area contributed by atoms with E-state index in [1.54, 1.807) is 25.1 Å². The standard InChI is InChI=1S/C19H14BrN3O3/c1-12-16(9-21)18(24)23(11-15-6-3-7-26-15)19(25)17(12)10-22-14-5-2-4-13(20)8-14/h2-8,10,25H,11H2,1H3. The molecule has 130 valence electrons. The van der Waals surface area contributed by atoms with E-state index >= 15 is 0 Å². The van der Waals surface area contributed by atoms with Crippen LogP contribution in [0.25, 0.3) is 0 Å². The van der Waals surface area contributed by atoms with E-state index in [0.717, 1.165) is 9.04 Å². The van der Waals surface area contributed by atoms with E-state index in [1.165, 1.54) is 12.5 Å². The van der Waals surface area contributed by atoms with E-state index in [-0.39, 0.29) is 18.0 Å². The molecule has 2 aromatic heterocycles. The molecule has 1 N–H and O–H groups in total. The maximum Gasteiger partial charge on any atom is 0.271 e. The summed E-state index contributed by atoms with van der Waals surface area (Å²) >= 11 is 3.37. The fraction of sp³-hybridized carbons (Fsp3) is 0.105. The van der Waals surface area contributed by atoms with Crippen molar-refractivity contribution in [3.63, 3.8) is 0 Å². The Bertz CT molecular complexity index is 1080. The molecule has 0 fully saturated rings. The van der Waals surface area contributed by atoms with Crippen LogP contribution in [0.1, 0.15) is 22.5 Å². The average molecular weight is 412 g/mol. The van der Waals surface area contributed by atoms with Gasteiger partial charge in [-0.25, -0.2) is 0 Å². The summed E-state index contributed by atoms with van der Waals surface area (Å²) in [6, 6.07) is 12.6. The van der Waals surface area contributed by atoms with Crippen molar-refractivity contribution in [3.05, 3.63) is 79.9 Å². The highest BCUT2D eigenvalue weighted by Crippen LogP contribution is 2.23. The number of benzene rings is 1. The zero-order valence-electron chi connectivity index (χ0n) is 13.8. The molecule has 2 heterocycles. The number of aromatic nitrogens is 1. The molecule has 0 unspecified atom stereocenters. The summed E-state index contributed by atoms with van der Waals surface area (Å²) in [5.41, 5.74) is 0.751. The third kappa shape index (κ3) is 3.46. The first-order chi connectivity index (χ1) is 12.5. The maximum absolute atomic E-state index is 12.5. The molecule has 26 heavy (non-hydrogen) atoms. The number of rotatable bonds is 4. The van der Waals surface area contributed by atoms with Crippen LogP contribution in [0.4, 0.5) is 5.69 Å². The second-order valence-corrected chi connectivity index (χ2v) is 6.47. The highest BCUT2D eigenvalue weighted by atomic mass is 79.9. The second kappa shape index (κ2) is 7.42. The zero-order chi connectivity index (χ0) is 18.7. The first-order valence-corrected chi connectivity index (χ1v) is 8.49. The fourth-order valence-electron chi connectivity index (χ4n) is 2.53. The highest BCUT2D eigenvalue weighted by molar-refractivity contribution is 9.10. The number of furan rings is 1. The summed E-state index contributed by atoms with van der Waals surface area (Å²) in [6.45, 7) is 1.63. The second-order valence-electron chi connectivity index (χ2n) is 5.56. The van der Waals surface area contributed by atoms with Crippen molar-refractivity contribution in [2.45, 2.75) is 13.5 Å². The van der Waals surface area contributed by atoms with Crippen LogP contribution in [0.15, 0.2) is 61.3 Å². The molecule has 0 amide bonds. The van der Waals surface area contributed by atoms with Crippen molar-refractivity contribution in [2.75, 3.05) is 0 Å². The molecular formula is C19H14BrN3O3. The molecule has 6 nitrogen and oxygen atoms in total. The molecule has 0 radical (unpaired) electrons. The lowest BCUT2D eigenvalue weighted by Gasteiger charge is -2.13. The molecule has 0 bridgehead atoms. The van der Waals surface area contributed by atoms with Gasteiger partial charge in [-0.05, 0) is 42.8 Å². The molecule has 3 rings (SSSR count). The maximum atomic E-state index is 12.5. The Morgan fingerprint density at radius 3 is 2.85 bits per heavy atom. The summed E-state index contributed by atoms with van der Waals surface area (Å²) < 4.78 is 7.21. The van der Waals surface area contributed by atoms with E-state index in [2.05, 4.69) is 20.9 Å². The van der Waals surface area contributed by atoms with Gasteiger partial charge in [0.15, 0.2) is 0 Å². The molecule has 7 heteroatoms. The Labute approximate surface area is 157 Å². The van der Waals surface area contributed by atoms with Gasteiger partial charge in [-0.3, -0.25) is 14.4 Å². The normalized spacial score (nSPS) is 11.0. The molecule has 0 spiro atoms. The topological polar surface area (TPSA) is 91.5 Å². The van der Waals surface area contributed by atoms with Gasteiger partial charge in [0.05, 0.1) is 24.1 Å². The van der Waals surface area contributed by atoms with Gasteiger partial charge < -0.3 is 9.52 Å². The summed E-state index contributed by atoms with van der Waals surface area (Å²) in [5, 5.41) is 20.0. The molecule has 0 saturated carbocycles. The van der Waals surface area contributed by atoms with Gasteiger partial charge >= 0.3 is 0 Å². The Morgan fingerprint density at radius 1 is 1.38 bits per heavy atom. The van der Waals surface area contributed by atoms with Crippen molar-refractivity contribution in [1.82, 2.24) is 4.57 Å². The number of hydrogen-bond acceptors (Lipinski definition) is 5. The van der Waals surface area contributed by atoms with E-state index in [0.29, 0.717) is 22.6 Å². The number of aromatic hydroxyl groups is 1. The first-order valence-electron chi connectivity index (χ1n) is 7.69. The van der Waals surface area contributed by atoms with Crippen molar-refractivity contribution in [1.29, 1.82) is 5.26 Å². The third-order valence-corrected chi connectivity index (χ3v) is 4.38. The molecule has 0 aliphatic heterocycles. The van der Waals surface area contributed by atoms with Crippen LogP contribution in [0.3, 0.4) is 0 Å². The summed E-state index contributed by atoms with van der Waals surface area (Å²) in [7, 11) is 0. The quantitative estimate of drug-likeness (QED) is 0.659. The smallest absolute Gasteiger partial charge is 0.271 e. The number of halogens is 1. The minimum Gasteiger partial charge on any atom is -0.494 e. The van der Waals surface area contributed by atoms with Crippen LogP contribution in [-0.4, -0.2) is 15.9 Å². The largest absolute Gasteiger partial charge is 0.494 e. The summed E-state index contributed by atoms with van der Waals surface area (Å²) in [6.07, 6.45) is 2.93. The molecule has 0 aliphatic rings. The monoisotopic (exact) mass is 411 g/mol. The van der Waals surface area contributed by atoms with E-state index in [1.807, 2.05) is 24.3 Å². The van der Waals surface area contributed by atoms with Gasteiger partial charge in [0.25, 0.3) is 5.56 Å². The lowest BCUT2D eigenvalue weighted by atomic mass is 10.1. The molecule has 1 aromatic carbocycles. The Kier molecular flexibility index (Phi) is 5.05. The molecule has 3 aromatic rings. The van der Waals surface area contributed by atoms with Crippen molar-refractivity contribution >= 4 is 27.8 Å². The summed E-state index contributed by atoms with van der Waals surface area (Å²) in [5.74, 6) is 0.228. The number of hydrogen-bond donors (Lipinski definition) is 1. The van der Waals surface area contributed by atoms with E-state index in [4.69, 9.17) is 4.42 Å². The van der Waals surface area contributed by atoms with Gasteiger partial charge in [-0.1, -0.05) is 22.0 Å². The minimum absolute atomic E-state index is 0.0182. The first kappa shape index (κ1) is 17.7. The van der Waals surface area contributed by atoms with Crippen LogP contribution < -0.4 is 5.56 Å². The SMILES string of the molecule is Cc1c(C=Nc2cccc(Br)c2)c(O)n(Cc2ccco2)c(=O)c1C#N. The molecule has 0 saturated heterocycles. The van der Waals surface area contributed by atoms with Crippen LogP contribution in [0.2, 0.25) is 0 Å². The van der Waals surface area contributed by atoms with Gasteiger partial charge in [0.2, 0.25) is 5.88 Å². The predicted octanol–water partition coefficient (Wildman–Crippen LogP) is 3.89. The van der Waals surface area contributed by atoms with E-state index in [9.17, 15) is 15.2 Å². The van der Waals surface area contributed by atoms with E-state index < -0.39 is 5.56 Å². The fourth-order valence-corrected chi connectivity index (χ4v) is 2.91. The number of nitrogens with zero attached hydrogens (tertiary/aromatic N) is 3. The van der Waals surface area contributed by atoms with Crippen molar-refractivity contribution in [3.8, 4) is 11.9 Å². The molecule has 0 atom stereocenters. The van der Waals surface area contributed by atoms with Crippen LogP contribution in [0, 0.1) is 18.3 Å². The Balaban J connectivity index is 2.12. The lowest BCUT2D eigenvalue weighted by Crippen LogP contribution is -2.25. The predicted molar refractivity (Wildman–Crippen MR) is 101 cm³/mol. The van der Waals surface area contributed by atoms with Gasteiger partial charge in [-0.15, -0.1) is 0 Å². The molecular weight excluding hydrogens is 398 g/mol. The van der Waals surface area contributed by atoms with Crippen molar-refractivity contribution in [2.24, 2.45) is 4.99 Å². The van der Waals surface area contributed by atoms with Crippen LogP contribution in [-0.2, 0) is 6.54 Å². The third-order valence-electron chi connectivity index (χ3n) is 3.89. The van der Waals surface area contributed by atoms with Crippen LogP contribution in [0.5, 0.6) is 5.88 Å². The van der Waals surface area contributed by atoms with Crippen molar-refractivity contribution < 1.29 is 9.52 Å². The van der Waals surface area contributed by atoms with Crippen LogP contribution >= 0.6 is 15.9 Å². The highest BCUT2D eigenvalue weighted by Gasteiger charge is 2.18. The number of nitriles is 1. The van der Waals surface area contributed by atoms with Gasteiger partial charge in [0, 0.05) is 10.7 Å². The van der Waals surface area contributed by atoms with Gasteiger partial charge in [-0.2, -0.15) is 5.26 Å². The molecule has 0 aliphatic carbocycles. The van der Waals surface area contributed by atoms with Gasteiger partial charge in [0.1, 0.15) is 17.4 Å². The Hall–Kier alpha value is -3.11. The number of pyridine rings is 1.